The number of piperidine rings is 1. The van der Waals surface area contributed by atoms with Crippen molar-refractivity contribution in [2.75, 3.05) is 34.2 Å². The van der Waals surface area contributed by atoms with E-state index in [4.69, 9.17) is 14.5 Å². The van der Waals surface area contributed by atoms with E-state index in [9.17, 15) is 19.5 Å². The highest BCUT2D eigenvalue weighted by Gasteiger charge is 2.45. The van der Waals surface area contributed by atoms with Crippen LogP contribution in [0, 0.1) is 0 Å². The van der Waals surface area contributed by atoms with Gasteiger partial charge in [-0.15, -0.1) is 0 Å². The molecule has 0 saturated carbocycles. The van der Waals surface area contributed by atoms with E-state index in [1.807, 2.05) is 31.1 Å². The lowest BCUT2D eigenvalue weighted by Crippen LogP contribution is -2.45. The van der Waals surface area contributed by atoms with Crippen molar-refractivity contribution in [2.24, 2.45) is 0 Å². The van der Waals surface area contributed by atoms with Crippen LogP contribution in [-0.2, 0) is 34.8 Å². The fourth-order valence-corrected chi connectivity index (χ4v) is 6.18. The molecule has 216 valence electrons. The highest BCUT2D eigenvalue weighted by molar-refractivity contribution is 5.90. The van der Waals surface area contributed by atoms with Crippen LogP contribution in [0.15, 0.2) is 29.1 Å². The number of benzene rings is 1. The number of pyridine rings is 2. The molecule has 1 aromatic carbocycles. The Morgan fingerprint density at radius 1 is 1.22 bits per heavy atom. The molecule has 1 amide bonds. The maximum Gasteiger partial charge on any atom is 0.415 e. The Morgan fingerprint density at radius 2 is 1.98 bits per heavy atom. The molecular weight excluding hydrogens is 526 g/mol. The predicted molar refractivity (Wildman–Crippen MR) is 152 cm³/mol. The van der Waals surface area contributed by atoms with Crippen molar-refractivity contribution >= 4 is 23.0 Å². The van der Waals surface area contributed by atoms with Gasteiger partial charge in [-0.2, -0.15) is 0 Å². The first-order valence-corrected chi connectivity index (χ1v) is 14.0. The van der Waals surface area contributed by atoms with E-state index < -0.39 is 17.7 Å². The third-order valence-corrected chi connectivity index (χ3v) is 8.58. The molecule has 3 aliphatic heterocycles. The van der Waals surface area contributed by atoms with E-state index in [-0.39, 0.29) is 35.8 Å². The van der Waals surface area contributed by atoms with Gasteiger partial charge in [0.15, 0.2) is 5.60 Å². The number of aliphatic hydroxyl groups is 1. The van der Waals surface area contributed by atoms with Gasteiger partial charge >= 0.3 is 12.1 Å². The van der Waals surface area contributed by atoms with Gasteiger partial charge in [0, 0.05) is 41.7 Å². The third-order valence-electron chi connectivity index (χ3n) is 8.58. The summed E-state index contributed by atoms with van der Waals surface area (Å²) in [6.07, 6.45) is 1.45. The average molecular weight is 562 g/mol. The van der Waals surface area contributed by atoms with Gasteiger partial charge in [0.2, 0.25) is 0 Å². The third kappa shape index (κ3) is 4.48. The minimum absolute atomic E-state index is 0.0853. The van der Waals surface area contributed by atoms with Crippen molar-refractivity contribution < 1.29 is 24.2 Å². The second-order valence-corrected chi connectivity index (χ2v) is 11.4. The molecule has 1 fully saturated rings. The van der Waals surface area contributed by atoms with Crippen molar-refractivity contribution in [1.29, 1.82) is 0 Å². The Kier molecular flexibility index (Phi) is 6.83. The molecule has 2 aromatic heterocycles. The Hall–Kier alpha value is -3.80. The summed E-state index contributed by atoms with van der Waals surface area (Å²) < 4.78 is 12.8. The lowest BCUT2D eigenvalue weighted by atomic mass is 9.86. The van der Waals surface area contributed by atoms with E-state index in [1.54, 1.807) is 35.6 Å². The van der Waals surface area contributed by atoms with Gasteiger partial charge in [-0.25, -0.2) is 14.6 Å². The van der Waals surface area contributed by atoms with Crippen LogP contribution in [-0.4, -0.2) is 76.8 Å². The second kappa shape index (κ2) is 10.2. The molecule has 3 aliphatic rings. The first-order chi connectivity index (χ1) is 19.6. The first-order valence-electron chi connectivity index (χ1n) is 14.0. The summed E-state index contributed by atoms with van der Waals surface area (Å²) in [5.74, 6) is -0.270. The fourth-order valence-electron chi connectivity index (χ4n) is 6.18. The highest BCUT2D eigenvalue weighted by Crippen LogP contribution is 2.40. The highest BCUT2D eigenvalue weighted by atomic mass is 16.6. The Morgan fingerprint density at radius 3 is 2.68 bits per heavy atom. The van der Waals surface area contributed by atoms with Crippen molar-refractivity contribution in [3.63, 3.8) is 0 Å². The van der Waals surface area contributed by atoms with Crippen molar-refractivity contribution in [3.8, 4) is 17.1 Å². The minimum Gasteiger partial charge on any atom is -0.458 e. The molecular formula is C30H35N5O6. The average Bonchev–Trinajstić information content (AvgIpc) is 3.33. The summed E-state index contributed by atoms with van der Waals surface area (Å²) in [5, 5.41) is 15.3. The van der Waals surface area contributed by atoms with Crippen LogP contribution in [0.1, 0.15) is 48.4 Å². The van der Waals surface area contributed by atoms with Crippen LogP contribution in [0.4, 0.5) is 4.79 Å². The molecule has 5 heterocycles. The largest absolute Gasteiger partial charge is 0.458 e. The summed E-state index contributed by atoms with van der Waals surface area (Å²) in [4.78, 5) is 47.8. The lowest BCUT2D eigenvalue weighted by molar-refractivity contribution is -0.172. The molecule has 1 saturated heterocycles. The summed E-state index contributed by atoms with van der Waals surface area (Å²) in [6.45, 7) is 4.06. The molecule has 2 N–H and O–H groups in total. The molecule has 0 aliphatic carbocycles. The molecule has 41 heavy (non-hydrogen) atoms. The van der Waals surface area contributed by atoms with Gasteiger partial charge in [-0.3, -0.25) is 4.79 Å². The van der Waals surface area contributed by atoms with Gasteiger partial charge in [-0.1, -0.05) is 6.92 Å². The number of cyclic esters (lactones) is 1. The smallest absolute Gasteiger partial charge is 0.415 e. The quantitative estimate of drug-likeness (QED) is 0.353. The van der Waals surface area contributed by atoms with Gasteiger partial charge in [0.25, 0.3) is 5.56 Å². The number of nitrogens with one attached hydrogen (secondary N) is 1. The number of nitrogens with zero attached hydrogens (tertiary/aromatic N) is 4. The number of fused-ring (bicyclic) bond motifs is 5. The van der Waals surface area contributed by atoms with Gasteiger partial charge in [-0.05, 0) is 70.7 Å². The standard InChI is InChI=1S/C30H35N5O6/c1-5-30(39)22-13-24-26-17(14-35(24)27(36)21(22)16-40-28(30)37)12-19-20(15-33(2)3)25(7-6-23(19)32-26)41-29(38)34(4)18-8-10-31-11-9-18/h6-7,12-13,18,31,39H,5,8-11,14-16H2,1-4H3. The van der Waals surface area contributed by atoms with E-state index in [0.717, 1.165) is 42.4 Å². The molecule has 11 nitrogen and oxygen atoms in total. The van der Waals surface area contributed by atoms with E-state index >= 15 is 0 Å². The number of carbonyl (C=O) groups is 2. The maximum absolute atomic E-state index is 13.5. The topological polar surface area (TPSA) is 126 Å². The monoisotopic (exact) mass is 561 g/mol. The first kappa shape index (κ1) is 27.4. The molecule has 11 heteroatoms. The molecule has 0 bridgehead atoms. The Labute approximate surface area is 237 Å². The second-order valence-electron chi connectivity index (χ2n) is 11.4. The lowest BCUT2D eigenvalue weighted by Gasteiger charge is -2.31. The number of hydrogen-bond donors (Lipinski definition) is 2. The SMILES string of the molecule is CCC1(O)C(=O)OCc2c1cc1n(c2=O)Cc2cc3c(CN(C)C)c(OC(=O)N(C)C4CCNCC4)ccc3nc2-1. The van der Waals surface area contributed by atoms with E-state index in [2.05, 4.69) is 5.32 Å². The summed E-state index contributed by atoms with van der Waals surface area (Å²) in [7, 11) is 5.68. The molecule has 0 spiro atoms. The predicted octanol–water partition coefficient (Wildman–Crippen LogP) is 2.32. The molecule has 3 aromatic rings. The molecule has 1 atom stereocenters. The number of esters is 1. The van der Waals surface area contributed by atoms with Crippen LogP contribution >= 0.6 is 0 Å². The Bertz CT molecular complexity index is 1630. The number of carbonyl (C=O) groups excluding carboxylic acids is 2. The van der Waals surface area contributed by atoms with E-state index in [1.165, 1.54) is 0 Å². The zero-order valence-electron chi connectivity index (χ0n) is 23.8. The van der Waals surface area contributed by atoms with Gasteiger partial charge < -0.3 is 34.3 Å². The zero-order chi connectivity index (χ0) is 29.1. The van der Waals surface area contributed by atoms with Gasteiger partial charge in [0.1, 0.15) is 12.4 Å². The number of amides is 1. The van der Waals surface area contributed by atoms with Gasteiger partial charge in [0.05, 0.1) is 29.0 Å². The van der Waals surface area contributed by atoms with Crippen LogP contribution in [0.2, 0.25) is 0 Å². The summed E-state index contributed by atoms with van der Waals surface area (Å²) >= 11 is 0. The molecule has 0 radical (unpaired) electrons. The summed E-state index contributed by atoms with van der Waals surface area (Å²) in [5.41, 5.74) is 1.93. The van der Waals surface area contributed by atoms with Crippen molar-refractivity contribution in [1.82, 2.24) is 24.7 Å². The number of aromatic nitrogens is 2. The van der Waals surface area contributed by atoms with Crippen LogP contribution in [0.25, 0.3) is 22.3 Å². The zero-order valence-corrected chi connectivity index (χ0v) is 23.8. The van der Waals surface area contributed by atoms with Crippen LogP contribution in [0.3, 0.4) is 0 Å². The molecule has 6 rings (SSSR count). The summed E-state index contributed by atoms with van der Waals surface area (Å²) in [6, 6.07) is 7.43. The fraction of sp³-hybridized carbons (Fsp3) is 0.467. The maximum atomic E-state index is 13.5. The van der Waals surface area contributed by atoms with Crippen molar-refractivity contribution in [3.05, 3.63) is 56.9 Å². The van der Waals surface area contributed by atoms with Crippen molar-refractivity contribution in [2.45, 2.75) is 57.5 Å². The number of rotatable bonds is 5. The minimum atomic E-state index is -1.87. The van der Waals surface area contributed by atoms with E-state index in [0.29, 0.717) is 35.7 Å². The van der Waals surface area contributed by atoms with Crippen LogP contribution < -0.4 is 15.6 Å². The molecule has 1 unspecified atom stereocenters. The van der Waals surface area contributed by atoms with Crippen LogP contribution in [0.5, 0.6) is 5.75 Å². The number of ether oxygens (including phenoxy) is 2. The Balaban J connectivity index is 1.42. The number of hydrogen-bond acceptors (Lipinski definition) is 9. The normalized spacial score (nSPS) is 20.0.